The molecule has 0 saturated heterocycles. The molecule has 2 rings (SSSR count). The lowest BCUT2D eigenvalue weighted by atomic mass is 10.2. The maximum atomic E-state index is 12.2. The van der Waals surface area contributed by atoms with Crippen molar-refractivity contribution in [1.82, 2.24) is 5.32 Å². The molecule has 0 atom stereocenters. The van der Waals surface area contributed by atoms with Gasteiger partial charge in [0.05, 0.1) is 17.5 Å². The van der Waals surface area contributed by atoms with Crippen molar-refractivity contribution in [2.45, 2.75) is 31.4 Å². The van der Waals surface area contributed by atoms with Gasteiger partial charge in [-0.25, -0.2) is 4.79 Å². The molecule has 0 heterocycles. The van der Waals surface area contributed by atoms with Crippen LogP contribution < -0.4 is 21.1 Å². The predicted octanol–water partition coefficient (Wildman–Crippen LogP) is 3.37. The number of urea groups is 1. The number of carbonyl (C=O) groups is 2. The Kier molecular flexibility index (Phi) is 7.35. The van der Waals surface area contributed by atoms with E-state index in [1.54, 1.807) is 6.07 Å². The summed E-state index contributed by atoms with van der Waals surface area (Å²) in [6, 6.07) is 14.5. The van der Waals surface area contributed by atoms with Gasteiger partial charge in [0.15, 0.2) is 0 Å². The molecule has 0 spiro atoms. The number of primary amides is 1. The number of carbonyl (C=O) groups excluding carboxylic acids is 2. The average molecular weight is 373 g/mol. The summed E-state index contributed by atoms with van der Waals surface area (Å²) < 4.78 is 5.65. The number of ether oxygens (including phenoxy) is 1. The van der Waals surface area contributed by atoms with Crippen molar-refractivity contribution in [3.8, 4) is 5.75 Å². The maximum Gasteiger partial charge on any atom is 0.319 e. The Labute approximate surface area is 157 Å². The van der Waals surface area contributed by atoms with E-state index >= 15 is 0 Å². The molecule has 2 aromatic carbocycles. The van der Waals surface area contributed by atoms with E-state index in [2.05, 4.69) is 10.6 Å². The van der Waals surface area contributed by atoms with Gasteiger partial charge in [-0.15, -0.1) is 11.8 Å². The Morgan fingerprint density at radius 2 is 1.92 bits per heavy atom. The molecule has 0 aliphatic rings. The molecular weight excluding hydrogens is 350 g/mol. The Morgan fingerprint density at radius 1 is 1.15 bits per heavy atom. The summed E-state index contributed by atoms with van der Waals surface area (Å²) in [4.78, 5) is 23.9. The van der Waals surface area contributed by atoms with Crippen LogP contribution in [0.25, 0.3) is 0 Å². The third-order valence-electron chi connectivity index (χ3n) is 3.23. The molecule has 3 amide bonds. The third-order valence-corrected chi connectivity index (χ3v) is 4.32. The fourth-order valence-electron chi connectivity index (χ4n) is 2.19. The summed E-state index contributed by atoms with van der Waals surface area (Å²) in [6.07, 6.45) is 0.0934. The predicted molar refractivity (Wildman–Crippen MR) is 104 cm³/mol. The normalized spacial score (nSPS) is 10.4. The molecular formula is C19H23N3O3S. The average Bonchev–Trinajstić information content (AvgIpc) is 2.59. The first-order chi connectivity index (χ1) is 12.4. The standard InChI is InChI=1S/C19H23N3O3S/c1-13(2)25-15-7-5-6-14(10-15)11-21-19(24)22-16-8-3-4-9-17(16)26-12-18(20)23/h3-10,13H,11-12H2,1-2H3,(H2,20,23)(H2,21,22,24). The van der Waals surface area contributed by atoms with Crippen LogP contribution in [0.4, 0.5) is 10.5 Å². The van der Waals surface area contributed by atoms with Gasteiger partial charge in [-0.05, 0) is 43.7 Å². The summed E-state index contributed by atoms with van der Waals surface area (Å²) in [5, 5.41) is 5.61. The number of nitrogens with one attached hydrogen (secondary N) is 2. The molecule has 0 aromatic heterocycles. The highest BCUT2D eigenvalue weighted by atomic mass is 32.2. The molecule has 0 saturated carbocycles. The zero-order valence-corrected chi connectivity index (χ0v) is 15.6. The molecule has 0 radical (unpaired) electrons. The zero-order valence-electron chi connectivity index (χ0n) is 14.8. The molecule has 0 aliphatic carbocycles. The zero-order chi connectivity index (χ0) is 18.9. The number of anilines is 1. The first-order valence-electron chi connectivity index (χ1n) is 8.24. The Bertz CT molecular complexity index is 765. The lowest BCUT2D eigenvalue weighted by Crippen LogP contribution is -2.28. The van der Waals surface area contributed by atoms with Gasteiger partial charge in [-0.3, -0.25) is 4.79 Å². The topological polar surface area (TPSA) is 93.4 Å². The summed E-state index contributed by atoms with van der Waals surface area (Å²) in [6.45, 7) is 4.30. The van der Waals surface area contributed by atoms with Crippen LogP contribution in [-0.2, 0) is 11.3 Å². The van der Waals surface area contributed by atoms with Gasteiger partial charge in [-0.1, -0.05) is 24.3 Å². The second-order valence-corrected chi connectivity index (χ2v) is 6.89. The van der Waals surface area contributed by atoms with Crippen LogP contribution in [0.1, 0.15) is 19.4 Å². The summed E-state index contributed by atoms with van der Waals surface area (Å²) in [5.74, 6) is 0.522. The van der Waals surface area contributed by atoms with Crippen molar-refractivity contribution in [3.63, 3.8) is 0 Å². The number of thioether (sulfide) groups is 1. The second kappa shape index (κ2) is 9.72. The summed E-state index contributed by atoms with van der Waals surface area (Å²) >= 11 is 1.29. The van der Waals surface area contributed by atoms with Crippen LogP contribution in [-0.4, -0.2) is 23.8 Å². The molecule has 2 aromatic rings. The fraction of sp³-hybridized carbons (Fsp3) is 0.263. The van der Waals surface area contributed by atoms with E-state index in [-0.39, 0.29) is 17.9 Å². The van der Waals surface area contributed by atoms with Crippen molar-refractivity contribution in [2.75, 3.05) is 11.1 Å². The van der Waals surface area contributed by atoms with Gasteiger partial charge in [0.2, 0.25) is 5.91 Å². The summed E-state index contributed by atoms with van der Waals surface area (Å²) in [7, 11) is 0. The molecule has 0 bridgehead atoms. The van der Waals surface area contributed by atoms with E-state index in [9.17, 15) is 9.59 Å². The van der Waals surface area contributed by atoms with Gasteiger partial charge >= 0.3 is 6.03 Å². The maximum absolute atomic E-state index is 12.2. The SMILES string of the molecule is CC(C)Oc1cccc(CNC(=O)Nc2ccccc2SCC(N)=O)c1. The molecule has 0 fully saturated rings. The molecule has 26 heavy (non-hydrogen) atoms. The van der Waals surface area contributed by atoms with E-state index in [0.717, 1.165) is 16.2 Å². The second-order valence-electron chi connectivity index (χ2n) is 5.87. The fourth-order valence-corrected chi connectivity index (χ4v) is 2.94. The number of nitrogens with two attached hydrogens (primary N) is 1. The van der Waals surface area contributed by atoms with Gasteiger partial charge < -0.3 is 21.1 Å². The molecule has 138 valence electrons. The van der Waals surface area contributed by atoms with Crippen LogP contribution in [0.5, 0.6) is 5.75 Å². The number of rotatable bonds is 8. The van der Waals surface area contributed by atoms with E-state index < -0.39 is 5.91 Å². The Morgan fingerprint density at radius 3 is 2.65 bits per heavy atom. The van der Waals surface area contributed by atoms with Gasteiger partial charge in [0, 0.05) is 11.4 Å². The number of amides is 3. The van der Waals surface area contributed by atoms with Gasteiger partial charge in [0.1, 0.15) is 5.75 Å². The van der Waals surface area contributed by atoms with Crippen molar-refractivity contribution < 1.29 is 14.3 Å². The van der Waals surface area contributed by atoms with Crippen LogP contribution in [0.2, 0.25) is 0 Å². The molecule has 0 unspecified atom stereocenters. The van der Waals surface area contributed by atoms with Crippen LogP contribution in [0, 0.1) is 0 Å². The highest BCUT2D eigenvalue weighted by Gasteiger charge is 2.08. The number of para-hydroxylation sites is 1. The van der Waals surface area contributed by atoms with Gasteiger partial charge in [-0.2, -0.15) is 0 Å². The van der Waals surface area contributed by atoms with Crippen LogP contribution in [0.15, 0.2) is 53.4 Å². The molecule has 0 aliphatic heterocycles. The molecule has 7 heteroatoms. The monoisotopic (exact) mass is 373 g/mol. The highest BCUT2D eigenvalue weighted by Crippen LogP contribution is 2.26. The lowest BCUT2D eigenvalue weighted by Gasteiger charge is -2.13. The van der Waals surface area contributed by atoms with Gasteiger partial charge in [0.25, 0.3) is 0 Å². The van der Waals surface area contributed by atoms with Crippen molar-refractivity contribution >= 4 is 29.4 Å². The first kappa shape index (κ1) is 19.7. The minimum absolute atomic E-state index is 0.0934. The highest BCUT2D eigenvalue weighted by molar-refractivity contribution is 8.00. The molecule has 6 nitrogen and oxygen atoms in total. The Hall–Kier alpha value is -2.67. The van der Waals surface area contributed by atoms with E-state index in [4.69, 9.17) is 10.5 Å². The Balaban J connectivity index is 1.92. The largest absolute Gasteiger partial charge is 0.491 e. The van der Waals surface area contributed by atoms with Crippen LogP contribution in [0.3, 0.4) is 0 Å². The number of hydrogen-bond acceptors (Lipinski definition) is 4. The lowest BCUT2D eigenvalue weighted by molar-refractivity contribution is -0.115. The summed E-state index contributed by atoms with van der Waals surface area (Å²) in [5.41, 5.74) is 6.75. The molecule has 4 N–H and O–H groups in total. The minimum Gasteiger partial charge on any atom is -0.491 e. The number of hydrogen-bond donors (Lipinski definition) is 3. The van der Waals surface area contributed by atoms with E-state index in [1.807, 2.05) is 56.3 Å². The van der Waals surface area contributed by atoms with Crippen LogP contribution >= 0.6 is 11.8 Å². The third kappa shape index (κ3) is 6.68. The smallest absolute Gasteiger partial charge is 0.319 e. The van der Waals surface area contributed by atoms with Crippen molar-refractivity contribution in [1.29, 1.82) is 0 Å². The quantitative estimate of drug-likeness (QED) is 0.619. The van der Waals surface area contributed by atoms with Crippen molar-refractivity contribution in [2.24, 2.45) is 5.73 Å². The van der Waals surface area contributed by atoms with E-state index in [0.29, 0.717) is 12.2 Å². The first-order valence-corrected chi connectivity index (χ1v) is 9.23. The minimum atomic E-state index is -0.405. The van der Waals surface area contributed by atoms with Crippen molar-refractivity contribution in [3.05, 3.63) is 54.1 Å². The number of benzene rings is 2. The van der Waals surface area contributed by atoms with E-state index in [1.165, 1.54) is 11.8 Å².